The molecule has 1 N–H and O–H groups in total. The van der Waals surface area contributed by atoms with Crippen LogP contribution in [0.15, 0.2) is 0 Å². The second-order valence-electron chi connectivity index (χ2n) is 3.15. The van der Waals surface area contributed by atoms with E-state index in [0.717, 1.165) is 0 Å². The Bertz CT molecular complexity index is 228. The van der Waals surface area contributed by atoms with Crippen molar-refractivity contribution in [3.8, 4) is 0 Å². The van der Waals surface area contributed by atoms with Gasteiger partial charge in [0.1, 0.15) is 5.78 Å². The summed E-state index contributed by atoms with van der Waals surface area (Å²) >= 11 is -1.85. The van der Waals surface area contributed by atoms with Crippen LogP contribution in [0.3, 0.4) is 0 Å². The summed E-state index contributed by atoms with van der Waals surface area (Å²) in [5.74, 6) is -0.867. The average Bonchev–Trinajstić information content (AvgIpc) is 2.19. The van der Waals surface area contributed by atoms with E-state index in [1.54, 1.807) is 0 Å². The van der Waals surface area contributed by atoms with Gasteiger partial charge in [0.05, 0.1) is 13.2 Å². The van der Waals surface area contributed by atoms with Crippen molar-refractivity contribution in [2.45, 2.75) is 32.6 Å². The molecule has 0 aromatic carbocycles. The fraction of sp³-hybridized carbons (Fsp3) is 0.778. The van der Waals surface area contributed by atoms with E-state index in [-0.39, 0.29) is 31.8 Å². The van der Waals surface area contributed by atoms with Crippen LogP contribution < -0.4 is 0 Å². The van der Waals surface area contributed by atoms with Crippen LogP contribution in [0.4, 0.5) is 0 Å². The van der Waals surface area contributed by atoms with Crippen LogP contribution in [-0.2, 0) is 29.3 Å². The van der Waals surface area contributed by atoms with E-state index in [2.05, 4.69) is 0 Å². The second kappa shape index (κ2) is 9.44. The minimum atomic E-state index is -1.85. The summed E-state index contributed by atoms with van der Waals surface area (Å²) in [6.45, 7) is 1.73. The Morgan fingerprint density at radius 2 is 1.62 bits per heavy atom. The van der Waals surface area contributed by atoms with E-state index in [9.17, 15) is 13.8 Å². The molecule has 0 aliphatic heterocycles. The molecule has 0 saturated carbocycles. The van der Waals surface area contributed by atoms with Crippen molar-refractivity contribution in [2.24, 2.45) is 0 Å². The average molecular weight is 252 g/mol. The Morgan fingerprint density at radius 3 is 2.06 bits per heavy atom. The van der Waals surface area contributed by atoms with Gasteiger partial charge >= 0.3 is 17.3 Å². The number of carbonyl (C=O) groups excluding carboxylic acids is 1. The molecule has 16 heavy (non-hydrogen) atoms. The van der Waals surface area contributed by atoms with Gasteiger partial charge in [-0.1, -0.05) is 0 Å². The van der Waals surface area contributed by atoms with Crippen LogP contribution in [0.25, 0.3) is 0 Å². The molecule has 0 amide bonds. The third-order valence-corrected chi connectivity index (χ3v) is 2.29. The molecule has 0 radical (unpaired) electrons. The van der Waals surface area contributed by atoms with Crippen molar-refractivity contribution in [1.82, 2.24) is 0 Å². The maximum absolute atomic E-state index is 11.0. The number of hydrogen-bond acceptors (Lipinski definition) is 5. The fourth-order valence-corrected chi connectivity index (χ4v) is 1.41. The quantitative estimate of drug-likeness (QED) is 0.579. The number of rotatable bonds is 10. The van der Waals surface area contributed by atoms with Crippen molar-refractivity contribution in [3.63, 3.8) is 0 Å². The Hall–Kier alpha value is -0.790. The van der Waals surface area contributed by atoms with Crippen LogP contribution in [0.5, 0.6) is 0 Å². The van der Waals surface area contributed by atoms with Crippen molar-refractivity contribution in [3.05, 3.63) is 0 Å². The molecular formula is C9H16O6S. The van der Waals surface area contributed by atoms with Gasteiger partial charge in [0.2, 0.25) is 0 Å². The second-order valence-corrected chi connectivity index (χ2v) is 4.03. The summed E-state index contributed by atoms with van der Waals surface area (Å²) in [5.41, 5.74) is 0. The number of carboxylic acid groups (broad SMARTS) is 1. The topological polar surface area (TPSA) is 89.9 Å². The lowest BCUT2D eigenvalue weighted by molar-refractivity contribution is -0.137. The number of aliphatic carboxylic acids is 1. The number of ketones is 1. The third kappa shape index (κ3) is 11.3. The van der Waals surface area contributed by atoms with Gasteiger partial charge < -0.3 is 9.90 Å². The van der Waals surface area contributed by atoms with Crippen LogP contribution >= 0.6 is 0 Å². The van der Waals surface area contributed by atoms with E-state index >= 15 is 0 Å². The van der Waals surface area contributed by atoms with Crippen LogP contribution in [0.2, 0.25) is 0 Å². The molecule has 0 aliphatic rings. The summed E-state index contributed by atoms with van der Waals surface area (Å²) < 4.78 is 20.4. The summed E-state index contributed by atoms with van der Waals surface area (Å²) in [7, 11) is 0. The van der Waals surface area contributed by atoms with Gasteiger partial charge in [0.25, 0.3) is 0 Å². The molecule has 0 fully saturated rings. The number of Topliss-reactive ketones (excluding diaryl/α,β-unsaturated/α-hetero) is 1. The molecule has 0 aromatic heterocycles. The first-order valence-corrected chi connectivity index (χ1v) is 5.92. The highest BCUT2D eigenvalue weighted by Crippen LogP contribution is 1.98. The van der Waals surface area contributed by atoms with Crippen LogP contribution in [-0.4, -0.2) is 34.3 Å². The smallest absolute Gasteiger partial charge is 0.304 e. The van der Waals surface area contributed by atoms with E-state index in [0.29, 0.717) is 12.8 Å². The van der Waals surface area contributed by atoms with Crippen molar-refractivity contribution >= 4 is 23.1 Å². The fourth-order valence-electron chi connectivity index (χ4n) is 0.832. The number of hydrogen-bond donors (Lipinski definition) is 1. The summed E-state index contributed by atoms with van der Waals surface area (Å²) in [6.07, 6.45) is 1.15. The van der Waals surface area contributed by atoms with Gasteiger partial charge in [-0.25, -0.2) is 0 Å². The lowest BCUT2D eigenvalue weighted by Gasteiger charge is -2.02. The molecule has 0 aliphatic carbocycles. The molecule has 0 saturated heterocycles. The molecule has 1 unspecified atom stereocenters. The molecule has 0 aromatic rings. The molecule has 0 heterocycles. The molecule has 0 rings (SSSR count). The number of carbonyl (C=O) groups is 2. The van der Waals surface area contributed by atoms with E-state index < -0.39 is 17.3 Å². The normalized spacial score (nSPS) is 12.3. The Balaban J connectivity index is 3.31. The molecule has 6 nitrogen and oxygen atoms in total. The van der Waals surface area contributed by atoms with E-state index in [1.807, 2.05) is 0 Å². The summed E-state index contributed by atoms with van der Waals surface area (Å²) in [4.78, 5) is 20.7. The first-order valence-electron chi connectivity index (χ1n) is 4.92. The van der Waals surface area contributed by atoms with Gasteiger partial charge in [0, 0.05) is 12.8 Å². The monoisotopic (exact) mass is 252 g/mol. The molecular weight excluding hydrogens is 236 g/mol. The van der Waals surface area contributed by atoms with Crippen molar-refractivity contribution in [2.75, 3.05) is 13.2 Å². The third-order valence-electron chi connectivity index (χ3n) is 1.57. The van der Waals surface area contributed by atoms with E-state index in [1.165, 1.54) is 6.92 Å². The molecule has 0 bridgehead atoms. The predicted octanol–water partition coefficient (Wildman–Crippen LogP) is 0.832. The Labute approximate surface area is 96.8 Å². The maximum Gasteiger partial charge on any atom is 0.304 e. The highest BCUT2D eigenvalue weighted by Gasteiger charge is 2.03. The zero-order valence-electron chi connectivity index (χ0n) is 9.14. The zero-order chi connectivity index (χ0) is 12.4. The number of carboxylic acids is 1. The Kier molecular flexibility index (Phi) is 8.97. The summed E-state index contributed by atoms with van der Waals surface area (Å²) in [6, 6.07) is 0. The predicted molar refractivity (Wildman–Crippen MR) is 56.8 cm³/mol. The lowest BCUT2D eigenvalue weighted by atomic mass is 10.2. The van der Waals surface area contributed by atoms with Gasteiger partial charge in [-0.2, -0.15) is 4.21 Å². The van der Waals surface area contributed by atoms with Crippen LogP contribution in [0, 0.1) is 0 Å². The highest BCUT2D eigenvalue weighted by atomic mass is 32.2. The van der Waals surface area contributed by atoms with Crippen molar-refractivity contribution < 1.29 is 27.3 Å². The molecule has 7 heteroatoms. The van der Waals surface area contributed by atoms with Gasteiger partial charge in [0.15, 0.2) is 0 Å². The molecule has 1 atom stereocenters. The lowest BCUT2D eigenvalue weighted by Crippen LogP contribution is -2.07. The Morgan fingerprint density at radius 1 is 1.12 bits per heavy atom. The van der Waals surface area contributed by atoms with E-state index in [4.69, 9.17) is 13.5 Å². The minimum Gasteiger partial charge on any atom is -0.481 e. The minimum absolute atomic E-state index is 0.0263. The standard InChI is InChI=1S/C9H16O6S/c1-8(10)4-2-6-14-16(13)15-7-3-5-9(11)12/h2-7H2,1H3,(H,11,12). The first kappa shape index (κ1) is 15.2. The highest BCUT2D eigenvalue weighted by molar-refractivity contribution is 7.75. The van der Waals surface area contributed by atoms with Gasteiger partial charge in [-0.3, -0.25) is 13.2 Å². The largest absolute Gasteiger partial charge is 0.481 e. The summed E-state index contributed by atoms with van der Waals surface area (Å²) in [5, 5.41) is 8.31. The first-order chi connectivity index (χ1) is 7.52. The zero-order valence-corrected chi connectivity index (χ0v) is 9.96. The van der Waals surface area contributed by atoms with Crippen molar-refractivity contribution in [1.29, 1.82) is 0 Å². The maximum atomic E-state index is 11.0. The molecule has 94 valence electrons. The van der Waals surface area contributed by atoms with Crippen LogP contribution in [0.1, 0.15) is 32.6 Å². The molecule has 0 spiro atoms. The SMILES string of the molecule is CC(=O)CCCOS(=O)OCCCC(=O)O. The van der Waals surface area contributed by atoms with Gasteiger partial charge in [-0.05, 0) is 19.8 Å². The van der Waals surface area contributed by atoms with Gasteiger partial charge in [-0.15, -0.1) is 0 Å².